The number of esters is 1. The minimum absolute atomic E-state index is 0.369. The zero-order valence-corrected chi connectivity index (χ0v) is 7.56. The van der Waals surface area contributed by atoms with Gasteiger partial charge in [0.15, 0.2) is 0 Å². The Morgan fingerprint density at radius 3 is 2.92 bits per heavy atom. The Labute approximate surface area is 76.5 Å². The molecule has 70 valence electrons. The highest BCUT2D eigenvalue weighted by Crippen LogP contribution is 2.11. The van der Waals surface area contributed by atoms with E-state index in [9.17, 15) is 9.59 Å². The molecule has 0 fully saturated rings. The highest BCUT2D eigenvalue weighted by atomic mass is 16.5. The van der Waals surface area contributed by atoms with Crippen LogP contribution >= 0.6 is 0 Å². The second-order valence-electron chi connectivity index (χ2n) is 2.73. The van der Waals surface area contributed by atoms with E-state index < -0.39 is 6.04 Å². The van der Waals surface area contributed by atoms with Crippen molar-refractivity contribution < 1.29 is 14.3 Å². The topological polar surface area (TPSA) is 46.6 Å². The van der Waals surface area contributed by atoms with E-state index in [0.717, 1.165) is 0 Å². The van der Waals surface area contributed by atoms with Gasteiger partial charge in [-0.2, -0.15) is 0 Å². The summed E-state index contributed by atoms with van der Waals surface area (Å²) in [5, 5.41) is 0. The van der Waals surface area contributed by atoms with E-state index in [-0.39, 0.29) is 5.97 Å². The summed E-state index contributed by atoms with van der Waals surface area (Å²) in [7, 11) is 3.07. The predicted molar refractivity (Wildman–Crippen MR) is 46.9 cm³/mol. The fourth-order valence-electron chi connectivity index (χ4n) is 1.09. The quantitative estimate of drug-likeness (QED) is 0.448. The first-order chi connectivity index (χ1) is 6.19. The molecule has 0 aromatic heterocycles. The normalized spacial score (nSPS) is 20.9. The molecule has 1 aliphatic rings. The molecular weight excluding hydrogens is 170 g/mol. The number of hydrogen-bond acceptors (Lipinski definition) is 4. The van der Waals surface area contributed by atoms with E-state index in [4.69, 9.17) is 0 Å². The molecular formula is C9H11NO3. The van der Waals surface area contributed by atoms with E-state index in [0.29, 0.717) is 11.9 Å². The number of allylic oxidation sites excluding steroid dienone is 2. The van der Waals surface area contributed by atoms with Crippen LogP contribution in [0.4, 0.5) is 0 Å². The summed E-state index contributed by atoms with van der Waals surface area (Å²) in [4.78, 5) is 23.3. The number of carbonyl (C=O) groups excluding carboxylic acids is 2. The summed E-state index contributed by atoms with van der Waals surface area (Å²) in [6, 6.07) is -0.491. The van der Waals surface area contributed by atoms with E-state index >= 15 is 0 Å². The van der Waals surface area contributed by atoms with Crippen molar-refractivity contribution in [3.8, 4) is 0 Å². The van der Waals surface area contributed by atoms with Crippen LogP contribution < -0.4 is 0 Å². The van der Waals surface area contributed by atoms with Crippen LogP contribution in [0.2, 0.25) is 0 Å². The number of likely N-dealkylation sites (N-methyl/N-ethyl adjacent to an activating group) is 1. The summed E-state index contributed by atoms with van der Waals surface area (Å²) in [6.45, 7) is 0. The van der Waals surface area contributed by atoms with Crippen LogP contribution in [0.3, 0.4) is 0 Å². The number of rotatable bonds is 2. The number of carbonyl (C=O) groups is 2. The molecule has 0 spiro atoms. The van der Waals surface area contributed by atoms with Crippen molar-refractivity contribution >= 4 is 12.3 Å². The lowest BCUT2D eigenvalue weighted by molar-refractivity contribution is -0.143. The molecule has 0 amide bonds. The first-order valence-corrected chi connectivity index (χ1v) is 3.84. The molecule has 1 atom stereocenters. The zero-order valence-electron chi connectivity index (χ0n) is 7.56. The Bertz CT molecular complexity index is 281. The Kier molecular flexibility index (Phi) is 2.84. The average molecular weight is 181 g/mol. The molecule has 13 heavy (non-hydrogen) atoms. The van der Waals surface area contributed by atoms with Crippen LogP contribution in [0.15, 0.2) is 23.9 Å². The van der Waals surface area contributed by atoms with Crippen molar-refractivity contribution in [1.29, 1.82) is 0 Å². The average Bonchev–Trinajstić information content (AvgIpc) is 2.17. The van der Waals surface area contributed by atoms with Gasteiger partial charge < -0.3 is 9.64 Å². The van der Waals surface area contributed by atoms with Crippen molar-refractivity contribution in [3.05, 3.63) is 23.9 Å². The second-order valence-corrected chi connectivity index (χ2v) is 2.73. The SMILES string of the molecule is COC(=O)C1C=C(C=O)C=CN1C. The molecule has 1 aliphatic heterocycles. The molecule has 1 rings (SSSR count). The molecule has 1 unspecified atom stereocenters. The number of aldehydes is 1. The first kappa shape index (κ1) is 9.51. The molecule has 0 aliphatic carbocycles. The Morgan fingerprint density at radius 1 is 1.69 bits per heavy atom. The van der Waals surface area contributed by atoms with Crippen molar-refractivity contribution in [3.63, 3.8) is 0 Å². The summed E-state index contributed by atoms with van der Waals surface area (Å²) < 4.78 is 4.58. The number of hydrogen-bond donors (Lipinski definition) is 0. The third kappa shape index (κ3) is 1.96. The molecule has 4 nitrogen and oxygen atoms in total. The van der Waals surface area contributed by atoms with Crippen LogP contribution in [-0.2, 0) is 14.3 Å². The molecule has 4 heteroatoms. The summed E-state index contributed by atoms with van der Waals surface area (Å²) in [6.07, 6.45) is 5.59. The van der Waals surface area contributed by atoms with Gasteiger partial charge in [0.2, 0.25) is 0 Å². The third-order valence-electron chi connectivity index (χ3n) is 1.87. The monoisotopic (exact) mass is 181 g/mol. The van der Waals surface area contributed by atoms with Gasteiger partial charge in [-0.3, -0.25) is 4.79 Å². The largest absolute Gasteiger partial charge is 0.467 e. The van der Waals surface area contributed by atoms with E-state index in [1.54, 1.807) is 30.3 Å². The van der Waals surface area contributed by atoms with Gasteiger partial charge in [0, 0.05) is 18.8 Å². The first-order valence-electron chi connectivity index (χ1n) is 3.84. The van der Waals surface area contributed by atoms with Gasteiger partial charge in [0.1, 0.15) is 12.3 Å². The molecule has 0 aromatic carbocycles. The maximum atomic E-state index is 11.2. The number of methoxy groups -OCH3 is 1. The Morgan fingerprint density at radius 2 is 2.38 bits per heavy atom. The van der Waals surface area contributed by atoms with Gasteiger partial charge in [-0.15, -0.1) is 0 Å². The molecule has 0 aromatic rings. The summed E-state index contributed by atoms with van der Waals surface area (Å²) in [5.41, 5.74) is 0.494. The third-order valence-corrected chi connectivity index (χ3v) is 1.87. The van der Waals surface area contributed by atoms with Crippen LogP contribution in [0, 0.1) is 0 Å². The van der Waals surface area contributed by atoms with E-state index in [1.807, 2.05) is 0 Å². The highest BCUT2D eigenvalue weighted by molar-refractivity contribution is 5.84. The van der Waals surface area contributed by atoms with E-state index in [1.165, 1.54) is 7.11 Å². The highest BCUT2D eigenvalue weighted by Gasteiger charge is 2.22. The zero-order chi connectivity index (χ0) is 9.84. The molecule has 0 N–H and O–H groups in total. The van der Waals surface area contributed by atoms with Crippen LogP contribution in [0.1, 0.15) is 0 Å². The Hall–Kier alpha value is -1.58. The molecule has 1 heterocycles. The van der Waals surface area contributed by atoms with E-state index in [2.05, 4.69) is 4.74 Å². The van der Waals surface area contributed by atoms with Crippen molar-refractivity contribution in [2.75, 3.05) is 14.2 Å². The second kappa shape index (κ2) is 3.89. The molecule has 0 radical (unpaired) electrons. The fraction of sp³-hybridized carbons (Fsp3) is 0.333. The van der Waals surface area contributed by atoms with Crippen LogP contribution in [-0.4, -0.2) is 37.4 Å². The minimum atomic E-state index is -0.491. The number of ether oxygens (including phenoxy) is 1. The lowest BCUT2D eigenvalue weighted by Gasteiger charge is -2.24. The lowest BCUT2D eigenvalue weighted by atomic mass is 10.1. The molecule has 0 saturated heterocycles. The molecule has 0 bridgehead atoms. The summed E-state index contributed by atoms with van der Waals surface area (Å²) >= 11 is 0. The lowest BCUT2D eigenvalue weighted by Crippen LogP contribution is -2.36. The smallest absolute Gasteiger partial charge is 0.332 e. The van der Waals surface area contributed by atoms with Crippen LogP contribution in [0.5, 0.6) is 0 Å². The predicted octanol–water partition coefficient (Wildman–Crippen LogP) is 0.112. The van der Waals surface area contributed by atoms with Crippen molar-refractivity contribution in [2.24, 2.45) is 0 Å². The van der Waals surface area contributed by atoms with Crippen molar-refractivity contribution in [2.45, 2.75) is 6.04 Å². The summed E-state index contributed by atoms with van der Waals surface area (Å²) in [5.74, 6) is -0.369. The van der Waals surface area contributed by atoms with Gasteiger partial charge in [0.05, 0.1) is 7.11 Å². The maximum absolute atomic E-state index is 11.2. The van der Waals surface area contributed by atoms with Gasteiger partial charge in [0.25, 0.3) is 0 Å². The van der Waals surface area contributed by atoms with Crippen molar-refractivity contribution in [1.82, 2.24) is 4.90 Å². The maximum Gasteiger partial charge on any atom is 0.332 e. The molecule has 0 saturated carbocycles. The van der Waals surface area contributed by atoms with Gasteiger partial charge >= 0.3 is 5.97 Å². The standard InChI is InChI=1S/C9H11NO3/c1-10-4-3-7(6-11)5-8(10)9(12)13-2/h3-6,8H,1-2H3. The van der Waals surface area contributed by atoms with Gasteiger partial charge in [-0.1, -0.05) is 0 Å². The van der Waals surface area contributed by atoms with Gasteiger partial charge in [-0.05, 0) is 12.2 Å². The van der Waals surface area contributed by atoms with Gasteiger partial charge in [-0.25, -0.2) is 4.79 Å². The Balaban J connectivity index is 2.84. The number of nitrogens with zero attached hydrogens (tertiary/aromatic N) is 1. The fourth-order valence-corrected chi connectivity index (χ4v) is 1.09. The minimum Gasteiger partial charge on any atom is -0.467 e. The van der Waals surface area contributed by atoms with Crippen LogP contribution in [0.25, 0.3) is 0 Å².